The Labute approximate surface area is 702 Å². The van der Waals surface area contributed by atoms with Gasteiger partial charge in [0.2, 0.25) is 0 Å². The van der Waals surface area contributed by atoms with Crippen molar-refractivity contribution < 1.29 is 17.7 Å². The average Bonchev–Trinajstić information content (AvgIpc) is 1.54. The van der Waals surface area contributed by atoms with E-state index >= 15 is 0 Å². The van der Waals surface area contributed by atoms with Gasteiger partial charge in [0.25, 0.3) is 0 Å². The molecule has 4 heterocycles. The molecular formula is C112H100N4O4. The summed E-state index contributed by atoms with van der Waals surface area (Å²) in [7, 11) is 0. The fraction of sp³-hybridized carbons (Fsp3) is 0.179. The van der Waals surface area contributed by atoms with Crippen molar-refractivity contribution in [2.24, 2.45) is 0 Å². The van der Waals surface area contributed by atoms with Crippen LogP contribution in [0.5, 0.6) is 0 Å². The van der Waals surface area contributed by atoms with E-state index in [1.807, 2.05) is 12.1 Å². The van der Waals surface area contributed by atoms with Gasteiger partial charge < -0.3 is 37.3 Å². The molecule has 0 fully saturated rings. The molecule has 16 aromatic carbocycles. The van der Waals surface area contributed by atoms with Crippen molar-refractivity contribution in [3.8, 4) is 0 Å². The second-order valence-electron chi connectivity index (χ2n) is 36.9. The van der Waals surface area contributed by atoms with Crippen LogP contribution in [0, 0.1) is 27.7 Å². The Morgan fingerprint density at radius 3 is 0.758 bits per heavy atom. The summed E-state index contributed by atoms with van der Waals surface area (Å²) in [6, 6.07) is 114. The zero-order valence-corrected chi connectivity index (χ0v) is 71.4. The van der Waals surface area contributed by atoms with E-state index in [9.17, 15) is 0 Å². The number of para-hydroxylation sites is 2. The highest BCUT2D eigenvalue weighted by atomic mass is 16.3. The Bertz CT molecular complexity index is 7340. The molecule has 0 aliphatic rings. The highest BCUT2D eigenvalue weighted by molar-refractivity contribution is 6.36. The predicted molar refractivity (Wildman–Crippen MR) is 509 cm³/mol. The summed E-state index contributed by atoms with van der Waals surface area (Å²) in [6.07, 6.45) is 0. The van der Waals surface area contributed by atoms with Crippen LogP contribution in [-0.2, 0) is 21.7 Å². The second-order valence-corrected chi connectivity index (χ2v) is 36.9. The molecule has 8 nitrogen and oxygen atoms in total. The molecule has 0 atom stereocenters. The number of nitrogens with zero attached hydrogens (tertiary/aromatic N) is 4. The van der Waals surface area contributed by atoms with Crippen LogP contribution in [0.25, 0.3) is 109 Å². The lowest BCUT2D eigenvalue weighted by atomic mass is 9.87. The Hall–Kier alpha value is -13.6. The highest BCUT2D eigenvalue weighted by Crippen LogP contribution is 2.55. The maximum Gasteiger partial charge on any atom is 0.160 e. The van der Waals surface area contributed by atoms with E-state index in [4.69, 9.17) is 17.7 Å². The minimum Gasteiger partial charge on any atom is -0.456 e. The van der Waals surface area contributed by atoms with E-state index in [2.05, 4.69) is 434 Å². The lowest BCUT2D eigenvalue weighted by Crippen LogP contribution is -2.13. The largest absolute Gasteiger partial charge is 0.456 e. The van der Waals surface area contributed by atoms with Crippen LogP contribution in [0.4, 0.5) is 68.2 Å². The van der Waals surface area contributed by atoms with E-state index < -0.39 is 0 Å². The summed E-state index contributed by atoms with van der Waals surface area (Å²) < 4.78 is 28.3. The molecule has 0 unspecified atom stereocenters. The van der Waals surface area contributed by atoms with E-state index in [0.29, 0.717) is 0 Å². The Morgan fingerprint density at radius 2 is 0.442 bits per heavy atom. The number of hydrogen-bond acceptors (Lipinski definition) is 8. The fourth-order valence-corrected chi connectivity index (χ4v) is 17.7. The zero-order chi connectivity index (χ0) is 83.0. The van der Waals surface area contributed by atoms with E-state index in [0.717, 1.165) is 178 Å². The molecule has 0 spiro atoms. The van der Waals surface area contributed by atoms with Crippen LogP contribution in [-0.4, -0.2) is 0 Å². The van der Waals surface area contributed by atoms with Crippen LogP contribution in [0.15, 0.2) is 333 Å². The summed E-state index contributed by atoms with van der Waals surface area (Å²) in [4.78, 5) is 9.38. The van der Waals surface area contributed by atoms with Crippen molar-refractivity contribution in [3.63, 3.8) is 0 Å². The lowest BCUT2D eigenvalue weighted by Gasteiger charge is -2.28. The van der Waals surface area contributed by atoms with Crippen molar-refractivity contribution in [1.29, 1.82) is 0 Å². The molecule has 0 radical (unpaired) electrons. The third-order valence-electron chi connectivity index (χ3n) is 24.1. The molecular weight excluding hydrogens is 1470 g/mol. The first-order valence-electron chi connectivity index (χ1n) is 42.0. The van der Waals surface area contributed by atoms with Gasteiger partial charge in [-0.3, -0.25) is 0 Å². The van der Waals surface area contributed by atoms with Crippen molar-refractivity contribution in [3.05, 3.63) is 360 Å². The molecule has 8 heteroatoms. The molecule has 0 bridgehead atoms. The van der Waals surface area contributed by atoms with Gasteiger partial charge in [-0.05, 0) is 203 Å². The summed E-state index contributed by atoms with van der Waals surface area (Å²) in [5, 5.41) is 13.0. The monoisotopic (exact) mass is 1560 g/mol. The van der Waals surface area contributed by atoms with Crippen LogP contribution in [0.1, 0.15) is 128 Å². The molecule has 0 aliphatic heterocycles. The van der Waals surface area contributed by atoms with Crippen LogP contribution >= 0.6 is 0 Å². The molecule has 20 rings (SSSR count). The molecule has 120 heavy (non-hydrogen) atoms. The number of aryl methyl sites for hydroxylation is 4. The minimum absolute atomic E-state index is 0.0261. The zero-order valence-electron chi connectivity index (χ0n) is 71.4. The third-order valence-corrected chi connectivity index (χ3v) is 24.1. The van der Waals surface area contributed by atoms with Crippen molar-refractivity contribution >= 4 is 178 Å². The normalized spacial score (nSPS) is 12.3. The number of fused-ring (bicyclic) bond motifs is 18. The quantitative estimate of drug-likeness (QED) is 0.120. The Kier molecular flexibility index (Phi) is 18.6. The molecule has 4 aromatic heterocycles. The van der Waals surface area contributed by atoms with Crippen LogP contribution in [0.2, 0.25) is 0 Å². The van der Waals surface area contributed by atoms with Crippen molar-refractivity contribution in [1.82, 2.24) is 0 Å². The molecule has 0 saturated carbocycles. The smallest absolute Gasteiger partial charge is 0.160 e. The van der Waals surface area contributed by atoms with E-state index in [1.165, 1.54) is 44.5 Å². The SMILES string of the molecule is Cc1ccc(N(c2ccc(C(C)(C)C)cc2)c2cc3oc4cc(N(c5ccc(C)cc5)c5ccc(C(C)(C)C)cc5)c5oc6ccccc6c5c4c3c3ccccc23)cc1.Cc1cccc(N(c2ccc(C(C)(C)C)cc2)c2cc3oc4cc(N(c5ccc(C(C)(C)C)cc5)c5cccc(C)c5)c5oc6ccccc6c5c4c3c3ccccc23)c1. The molecule has 0 amide bonds. The molecule has 0 aliphatic carbocycles. The molecule has 592 valence electrons. The first kappa shape index (κ1) is 76.4. The van der Waals surface area contributed by atoms with Crippen LogP contribution < -0.4 is 19.6 Å². The lowest BCUT2D eigenvalue weighted by molar-refractivity contribution is 0.590. The van der Waals surface area contributed by atoms with E-state index in [-0.39, 0.29) is 21.7 Å². The highest BCUT2D eigenvalue weighted by Gasteiger charge is 2.32. The number of anilines is 12. The van der Waals surface area contributed by atoms with Crippen molar-refractivity contribution in [2.45, 2.75) is 132 Å². The van der Waals surface area contributed by atoms with Gasteiger partial charge in [-0.25, -0.2) is 0 Å². The number of furan rings is 4. The minimum atomic E-state index is 0.0261. The summed E-state index contributed by atoms with van der Waals surface area (Å²) in [6.45, 7) is 35.7. The first-order valence-corrected chi connectivity index (χ1v) is 42.0. The topological polar surface area (TPSA) is 65.5 Å². The van der Waals surface area contributed by atoms with Crippen LogP contribution in [0.3, 0.4) is 0 Å². The summed E-state index contributed by atoms with van der Waals surface area (Å²) >= 11 is 0. The van der Waals surface area contributed by atoms with Gasteiger partial charge in [-0.1, -0.05) is 276 Å². The van der Waals surface area contributed by atoms with Gasteiger partial charge in [-0.2, -0.15) is 0 Å². The van der Waals surface area contributed by atoms with Gasteiger partial charge in [-0.15, -0.1) is 0 Å². The number of rotatable bonds is 12. The number of benzene rings is 16. The Balaban J connectivity index is 0.000000159. The second kappa shape index (κ2) is 29.2. The van der Waals surface area contributed by atoms with Gasteiger partial charge >= 0.3 is 0 Å². The average molecular weight is 1570 g/mol. The van der Waals surface area contributed by atoms with Gasteiger partial charge in [0.1, 0.15) is 33.5 Å². The van der Waals surface area contributed by atoms with Gasteiger partial charge in [0, 0.05) is 124 Å². The number of hydrogen-bond donors (Lipinski definition) is 0. The Morgan fingerprint density at radius 1 is 0.183 bits per heavy atom. The molecule has 0 N–H and O–H groups in total. The summed E-state index contributed by atoms with van der Waals surface area (Å²) in [5.74, 6) is 0. The van der Waals surface area contributed by atoms with Gasteiger partial charge in [0.05, 0.1) is 22.7 Å². The standard InChI is InChI=1S/2C56H50N2O2/c1-35-15-13-17-41(31-35)57(39-27-23-37(24-28-39)55(3,4)5)46-33-49-51(44-20-10-9-19-43(44)46)53-50(59-49)34-47(54-52(53)45-21-11-12-22-48(45)60-54)58(42-18-14-16-36(2)32-42)40-29-25-38(26-30-40)56(6,7)8;1-35-17-25-39(26-18-35)57(41-29-21-37(22-30-41)55(3,4)5)46-33-49-51(44-14-10-9-13-43(44)46)53-50(59-49)34-47(54-52(53)45-15-11-12-16-48(45)60-54)58(40-27-19-36(2)20-28-40)42-31-23-38(24-32-42)56(6,7)8/h2*9-34H,1-8H3. The molecule has 0 saturated heterocycles. The summed E-state index contributed by atoms with van der Waals surface area (Å²) in [5.41, 5.74) is 29.2. The maximum absolute atomic E-state index is 7.19. The fourth-order valence-electron chi connectivity index (χ4n) is 17.7. The maximum atomic E-state index is 7.19. The third kappa shape index (κ3) is 13.6. The van der Waals surface area contributed by atoms with Gasteiger partial charge in [0.15, 0.2) is 11.2 Å². The predicted octanol–water partition coefficient (Wildman–Crippen LogP) is 33.6. The first-order chi connectivity index (χ1) is 57.7. The van der Waals surface area contributed by atoms with E-state index in [1.54, 1.807) is 0 Å². The van der Waals surface area contributed by atoms with Crippen molar-refractivity contribution in [2.75, 3.05) is 19.6 Å². The molecule has 20 aromatic rings.